The number of nitrogens with zero attached hydrogens (tertiary/aromatic N) is 3. The predicted octanol–water partition coefficient (Wildman–Crippen LogP) is 3.86. The van der Waals surface area contributed by atoms with Crippen LogP contribution in [0.25, 0.3) is 0 Å². The second kappa shape index (κ2) is 8.31. The molecule has 0 bridgehead atoms. The van der Waals surface area contributed by atoms with Gasteiger partial charge in [0.25, 0.3) is 15.9 Å². The van der Waals surface area contributed by atoms with Gasteiger partial charge in [0, 0.05) is 10.9 Å². The number of rotatable bonds is 6. The van der Waals surface area contributed by atoms with Gasteiger partial charge in [0.15, 0.2) is 12.4 Å². The fraction of sp³-hybridized carbons (Fsp3) is 0.286. The molecule has 12 heteroatoms. The number of anilines is 2. The van der Waals surface area contributed by atoms with Crippen molar-refractivity contribution in [1.82, 2.24) is 10.1 Å². The lowest BCUT2D eigenvalue weighted by molar-refractivity contribution is -0.121. The third-order valence-electron chi connectivity index (χ3n) is 5.60. The highest BCUT2D eigenvalue weighted by Gasteiger charge is 2.31. The Kier molecular flexibility index (Phi) is 5.45. The first kappa shape index (κ1) is 21.7. The number of halogens is 2. The molecule has 9 nitrogen and oxygen atoms in total. The number of aromatic nitrogens is 2. The minimum atomic E-state index is -4.18. The molecule has 2 aliphatic rings. The minimum Gasteiger partial charge on any atom is -0.482 e. The molecule has 1 N–H and O–H groups in total. The SMILES string of the molecule is O=C1COc2ccc(S(=O)(=O)Nc3ccc(Cl)cc3F)cc2N1Cc1noc(C2CCC2)n1. The number of amides is 1. The fourth-order valence-electron chi connectivity index (χ4n) is 3.59. The Labute approximate surface area is 193 Å². The topological polar surface area (TPSA) is 115 Å². The van der Waals surface area contributed by atoms with Crippen LogP contribution in [0.1, 0.15) is 36.9 Å². The highest BCUT2D eigenvalue weighted by atomic mass is 35.5. The van der Waals surface area contributed by atoms with Gasteiger partial charge in [-0.2, -0.15) is 4.98 Å². The number of carbonyl (C=O) groups is 1. The Hall–Kier alpha value is -3.18. The number of ether oxygens (including phenoxy) is 1. The van der Waals surface area contributed by atoms with Crippen LogP contribution in [-0.4, -0.2) is 31.1 Å². The molecule has 0 unspecified atom stereocenters. The Morgan fingerprint density at radius 2 is 2.03 bits per heavy atom. The molecule has 2 heterocycles. The van der Waals surface area contributed by atoms with E-state index in [1.165, 1.54) is 35.2 Å². The molecule has 1 fully saturated rings. The van der Waals surface area contributed by atoms with Crippen molar-refractivity contribution in [2.75, 3.05) is 16.2 Å². The average Bonchev–Trinajstić information content (AvgIpc) is 3.18. The van der Waals surface area contributed by atoms with Crippen molar-refractivity contribution in [3.8, 4) is 5.75 Å². The first-order valence-electron chi connectivity index (χ1n) is 10.2. The molecule has 1 amide bonds. The quantitative estimate of drug-likeness (QED) is 0.555. The van der Waals surface area contributed by atoms with Crippen molar-refractivity contribution in [1.29, 1.82) is 0 Å². The molecule has 3 aromatic rings. The zero-order chi connectivity index (χ0) is 23.2. The van der Waals surface area contributed by atoms with E-state index < -0.39 is 15.8 Å². The van der Waals surface area contributed by atoms with Crippen LogP contribution in [0.3, 0.4) is 0 Å². The molecule has 1 aromatic heterocycles. The van der Waals surface area contributed by atoms with E-state index in [0.29, 0.717) is 17.5 Å². The molecule has 0 spiro atoms. The van der Waals surface area contributed by atoms with Gasteiger partial charge in [-0.1, -0.05) is 23.2 Å². The molecule has 1 aliphatic carbocycles. The van der Waals surface area contributed by atoms with Crippen molar-refractivity contribution in [2.45, 2.75) is 36.6 Å². The lowest BCUT2D eigenvalue weighted by Gasteiger charge is -2.28. The number of hydrogen-bond donors (Lipinski definition) is 1. The van der Waals surface area contributed by atoms with E-state index >= 15 is 0 Å². The Bertz CT molecular complexity index is 1340. The predicted molar refractivity (Wildman–Crippen MR) is 116 cm³/mol. The van der Waals surface area contributed by atoms with Gasteiger partial charge in [0.1, 0.15) is 11.6 Å². The van der Waals surface area contributed by atoms with E-state index in [0.717, 1.165) is 25.3 Å². The third kappa shape index (κ3) is 4.25. The minimum absolute atomic E-state index is 0.00580. The zero-order valence-corrected chi connectivity index (χ0v) is 18.7. The Balaban J connectivity index is 1.43. The van der Waals surface area contributed by atoms with Crippen LogP contribution in [0.2, 0.25) is 5.02 Å². The summed E-state index contributed by atoms with van der Waals surface area (Å²) in [4.78, 5) is 18.1. The van der Waals surface area contributed by atoms with Crippen LogP contribution < -0.4 is 14.4 Å². The standard InChI is InChI=1S/C21H18ClFN4O5S/c22-13-4-6-16(15(23)8-13)26-33(29,30)14-5-7-18-17(9-14)27(20(28)11-31-18)10-19-24-21(32-25-19)12-2-1-3-12/h4-9,12,26H,1-3,10-11H2. The highest BCUT2D eigenvalue weighted by molar-refractivity contribution is 7.92. The molecule has 0 saturated heterocycles. The van der Waals surface area contributed by atoms with Crippen LogP contribution in [0.15, 0.2) is 45.8 Å². The van der Waals surface area contributed by atoms with Crippen LogP contribution in [0.4, 0.5) is 15.8 Å². The van der Waals surface area contributed by atoms with E-state index in [4.69, 9.17) is 20.9 Å². The lowest BCUT2D eigenvalue weighted by atomic mass is 9.85. The number of benzene rings is 2. The van der Waals surface area contributed by atoms with Gasteiger partial charge in [0.05, 0.1) is 22.8 Å². The third-order valence-corrected chi connectivity index (χ3v) is 7.20. The maximum absolute atomic E-state index is 14.1. The summed E-state index contributed by atoms with van der Waals surface area (Å²) < 4.78 is 52.9. The van der Waals surface area contributed by atoms with Crippen LogP contribution >= 0.6 is 11.6 Å². The summed E-state index contributed by atoms with van der Waals surface area (Å²) in [6.07, 6.45) is 3.09. The Morgan fingerprint density at radius 1 is 1.21 bits per heavy atom. The lowest BCUT2D eigenvalue weighted by Crippen LogP contribution is -2.38. The molecule has 33 heavy (non-hydrogen) atoms. The van der Waals surface area contributed by atoms with Gasteiger partial charge in [-0.05, 0) is 49.2 Å². The summed E-state index contributed by atoms with van der Waals surface area (Å²) in [5, 5.41) is 4.10. The number of sulfonamides is 1. The molecular weight excluding hydrogens is 475 g/mol. The summed E-state index contributed by atoms with van der Waals surface area (Å²) >= 11 is 5.73. The second-order valence-electron chi connectivity index (χ2n) is 7.80. The summed E-state index contributed by atoms with van der Waals surface area (Å²) in [5.41, 5.74) is -0.0164. The molecule has 1 saturated carbocycles. The van der Waals surface area contributed by atoms with Gasteiger partial charge < -0.3 is 9.26 Å². The summed E-state index contributed by atoms with van der Waals surface area (Å²) in [7, 11) is -4.18. The highest BCUT2D eigenvalue weighted by Crippen LogP contribution is 2.37. The normalized spacial score (nSPS) is 16.2. The van der Waals surface area contributed by atoms with E-state index in [1.54, 1.807) is 0 Å². The van der Waals surface area contributed by atoms with Crippen molar-refractivity contribution in [2.24, 2.45) is 0 Å². The number of nitrogens with one attached hydrogen (secondary N) is 1. The maximum Gasteiger partial charge on any atom is 0.265 e. The molecular formula is C21H18ClFN4O5S. The number of hydrogen-bond acceptors (Lipinski definition) is 7. The van der Waals surface area contributed by atoms with Crippen molar-refractivity contribution < 1.29 is 26.9 Å². The monoisotopic (exact) mass is 492 g/mol. The smallest absolute Gasteiger partial charge is 0.265 e. The van der Waals surface area contributed by atoms with Gasteiger partial charge in [-0.15, -0.1) is 0 Å². The number of fused-ring (bicyclic) bond motifs is 1. The summed E-state index contributed by atoms with van der Waals surface area (Å²) in [5.74, 6) is 0.228. The van der Waals surface area contributed by atoms with Gasteiger partial charge in [-0.3, -0.25) is 14.4 Å². The molecule has 0 radical (unpaired) electrons. The van der Waals surface area contributed by atoms with E-state index in [1.807, 2.05) is 0 Å². The molecule has 0 atom stereocenters. The first-order chi connectivity index (χ1) is 15.8. The van der Waals surface area contributed by atoms with Crippen LogP contribution in [0.5, 0.6) is 5.75 Å². The van der Waals surface area contributed by atoms with Gasteiger partial charge in [-0.25, -0.2) is 12.8 Å². The van der Waals surface area contributed by atoms with Crippen LogP contribution in [0, 0.1) is 5.82 Å². The average molecular weight is 493 g/mol. The van der Waals surface area contributed by atoms with Crippen molar-refractivity contribution in [3.05, 3.63) is 59.0 Å². The first-order valence-corrected chi connectivity index (χ1v) is 12.0. The number of carbonyl (C=O) groups excluding carboxylic acids is 1. The Morgan fingerprint density at radius 3 is 2.76 bits per heavy atom. The van der Waals surface area contributed by atoms with E-state index in [9.17, 15) is 17.6 Å². The molecule has 1 aliphatic heterocycles. The molecule has 5 rings (SSSR count). The van der Waals surface area contributed by atoms with E-state index in [2.05, 4.69) is 14.9 Å². The summed E-state index contributed by atoms with van der Waals surface area (Å²) in [6, 6.07) is 7.64. The fourth-order valence-corrected chi connectivity index (χ4v) is 4.84. The van der Waals surface area contributed by atoms with Crippen LogP contribution in [-0.2, 0) is 21.4 Å². The second-order valence-corrected chi connectivity index (χ2v) is 9.92. The van der Waals surface area contributed by atoms with Gasteiger partial charge >= 0.3 is 0 Å². The zero-order valence-electron chi connectivity index (χ0n) is 17.1. The largest absolute Gasteiger partial charge is 0.482 e. The molecule has 172 valence electrons. The summed E-state index contributed by atoms with van der Waals surface area (Å²) in [6.45, 7) is -0.213. The van der Waals surface area contributed by atoms with E-state index in [-0.39, 0.29) is 46.3 Å². The van der Waals surface area contributed by atoms with Gasteiger partial charge in [0.2, 0.25) is 5.89 Å². The maximum atomic E-state index is 14.1. The molecule has 2 aromatic carbocycles. The van der Waals surface area contributed by atoms with Crippen molar-refractivity contribution in [3.63, 3.8) is 0 Å². The van der Waals surface area contributed by atoms with Crippen molar-refractivity contribution >= 4 is 38.9 Å².